The summed E-state index contributed by atoms with van der Waals surface area (Å²) in [4.78, 5) is 31.8. The van der Waals surface area contributed by atoms with Gasteiger partial charge in [0, 0.05) is 48.1 Å². The lowest BCUT2D eigenvalue weighted by atomic mass is 9.91. The second-order valence-electron chi connectivity index (χ2n) is 14.7. The van der Waals surface area contributed by atoms with Crippen LogP contribution in [0.2, 0.25) is 0 Å². The van der Waals surface area contributed by atoms with Crippen LogP contribution >= 0.6 is 0 Å². The fourth-order valence-corrected chi connectivity index (χ4v) is 7.67. The Morgan fingerprint density at radius 2 is 1.67 bits per heavy atom. The minimum absolute atomic E-state index is 0.130. The molecule has 0 bridgehead atoms. The molecule has 306 valence electrons. The number of nitrogens with one attached hydrogen (secondary N) is 1. The summed E-state index contributed by atoms with van der Waals surface area (Å²) in [6, 6.07) is 19.9. The lowest BCUT2D eigenvalue weighted by Crippen LogP contribution is -2.40. The topological polar surface area (TPSA) is 123 Å². The monoisotopic (exact) mass is 808 g/mol. The standard InChI is InChI=1S/C43H51F3N4O6S/c1-5-7-22-55-23-24-56-35-15-10-30(11-16-35)31-12-19-37-33(25-31)26-32(9-8-21-49(37)28-42(3,4)41(52)53)40(51)48-34-13-17-36(18-14-34)57(54)27-38-39(43(44,45)46)47-29-50(38)20-6-2/h10-19,25-26,29H,5-9,20-24,27-28H2,1-4H3,(H,48,51)(H,52,53). The Hall–Kier alpha value is -4.95. The Kier molecular flexibility index (Phi) is 14.7. The molecule has 57 heavy (non-hydrogen) atoms. The lowest BCUT2D eigenvalue weighted by molar-refractivity contribution is -0.146. The second kappa shape index (κ2) is 19.5. The van der Waals surface area contributed by atoms with Crippen LogP contribution in [0.5, 0.6) is 5.75 Å². The number of carboxylic acids is 1. The molecule has 0 radical (unpaired) electrons. The fourth-order valence-electron chi connectivity index (χ4n) is 6.52. The number of alkyl halides is 3. The Labute approximate surface area is 334 Å². The van der Waals surface area contributed by atoms with Crippen LogP contribution in [-0.4, -0.2) is 63.7 Å². The maximum absolute atomic E-state index is 13.8. The highest BCUT2D eigenvalue weighted by atomic mass is 32.2. The zero-order valence-electron chi connectivity index (χ0n) is 32.9. The van der Waals surface area contributed by atoms with Crippen LogP contribution in [0.1, 0.15) is 76.8 Å². The third-order valence-corrected chi connectivity index (χ3v) is 11.0. The normalized spacial score (nSPS) is 13.9. The summed E-state index contributed by atoms with van der Waals surface area (Å²) in [5.74, 6) is -0.878. The van der Waals surface area contributed by atoms with Gasteiger partial charge in [0.2, 0.25) is 0 Å². The molecule has 1 aliphatic heterocycles. The van der Waals surface area contributed by atoms with Gasteiger partial charge in [-0.1, -0.05) is 38.5 Å². The average Bonchev–Trinajstić information content (AvgIpc) is 3.57. The molecule has 1 amide bonds. The van der Waals surface area contributed by atoms with Gasteiger partial charge in [-0.25, -0.2) is 4.98 Å². The molecule has 0 aliphatic carbocycles. The largest absolute Gasteiger partial charge is 0.491 e. The van der Waals surface area contributed by atoms with Gasteiger partial charge in [-0.15, -0.1) is 0 Å². The molecular formula is C43H51F3N4O6S. The van der Waals surface area contributed by atoms with Crippen molar-refractivity contribution in [2.45, 2.75) is 83.2 Å². The number of amides is 1. The van der Waals surface area contributed by atoms with Crippen molar-refractivity contribution in [2.24, 2.45) is 5.41 Å². The Bertz CT molecular complexity index is 2040. The smallest absolute Gasteiger partial charge is 0.435 e. The highest BCUT2D eigenvalue weighted by molar-refractivity contribution is 7.84. The first-order valence-corrected chi connectivity index (χ1v) is 20.6. The number of nitrogens with zero attached hydrogens (tertiary/aromatic N) is 3. The van der Waals surface area contributed by atoms with Crippen LogP contribution in [0.15, 0.2) is 83.5 Å². The molecular weight excluding hydrogens is 758 g/mol. The number of unbranched alkanes of at least 4 members (excludes halogenated alkanes) is 1. The van der Waals surface area contributed by atoms with Crippen molar-refractivity contribution in [3.05, 3.63) is 95.6 Å². The van der Waals surface area contributed by atoms with E-state index in [9.17, 15) is 32.1 Å². The van der Waals surface area contributed by atoms with Crippen LogP contribution in [0, 0.1) is 5.41 Å². The van der Waals surface area contributed by atoms with E-state index in [2.05, 4.69) is 22.1 Å². The van der Waals surface area contributed by atoms with Gasteiger partial charge in [0.1, 0.15) is 12.4 Å². The number of hydrogen-bond donors (Lipinski definition) is 2. The van der Waals surface area contributed by atoms with E-state index in [-0.39, 0.29) is 23.9 Å². The minimum Gasteiger partial charge on any atom is -0.491 e. The average molecular weight is 809 g/mol. The van der Waals surface area contributed by atoms with E-state index in [1.807, 2.05) is 55.5 Å². The third kappa shape index (κ3) is 11.6. The summed E-state index contributed by atoms with van der Waals surface area (Å²) < 4.78 is 67.0. The van der Waals surface area contributed by atoms with Crippen LogP contribution in [0.4, 0.5) is 24.5 Å². The van der Waals surface area contributed by atoms with Gasteiger partial charge >= 0.3 is 12.1 Å². The van der Waals surface area contributed by atoms with Gasteiger partial charge in [-0.3, -0.25) is 13.8 Å². The number of benzene rings is 3. The van der Waals surface area contributed by atoms with Crippen molar-refractivity contribution in [3.8, 4) is 16.9 Å². The Morgan fingerprint density at radius 3 is 2.33 bits per heavy atom. The van der Waals surface area contributed by atoms with Crippen molar-refractivity contribution >= 4 is 40.1 Å². The Morgan fingerprint density at radius 1 is 0.947 bits per heavy atom. The highest BCUT2D eigenvalue weighted by Gasteiger charge is 2.38. The summed E-state index contributed by atoms with van der Waals surface area (Å²) >= 11 is 0. The van der Waals surface area contributed by atoms with E-state index in [1.165, 1.54) is 16.7 Å². The molecule has 0 saturated carbocycles. The number of aromatic nitrogens is 2. The first-order chi connectivity index (χ1) is 27.2. The molecule has 2 N–H and O–H groups in total. The number of hydrogen-bond acceptors (Lipinski definition) is 7. The van der Waals surface area contributed by atoms with Crippen molar-refractivity contribution < 1.29 is 41.5 Å². The Balaban J connectivity index is 1.35. The maximum atomic E-state index is 13.8. The zero-order chi connectivity index (χ0) is 41.2. The number of rotatable bonds is 18. The first kappa shape index (κ1) is 43.2. The predicted molar refractivity (Wildman–Crippen MR) is 217 cm³/mol. The number of anilines is 2. The minimum atomic E-state index is -4.67. The lowest BCUT2D eigenvalue weighted by Gasteiger charge is -2.34. The van der Waals surface area contributed by atoms with Crippen LogP contribution < -0.4 is 15.0 Å². The summed E-state index contributed by atoms with van der Waals surface area (Å²) in [6.07, 6.45) is 1.99. The third-order valence-electron chi connectivity index (χ3n) is 9.68. The first-order valence-electron chi connectivity index (χ1n) is 19.2. The molecule has 3 aromatic carbocycles. The van der Waals surface area contributed by atoms with Gasteiger partial charge in [-0.2, -0.15) is 13.2 Å². The van der Waals surface area contributed by atoms with Crippen LogP contribution in [-0.2, 0) is 43.6 Å². The number of ether oxygens (including phenoxy) is 2. The molecule has 1 aliphatic rings. The summed E-state index contributed by atoms with van der Waals surface area (Å²) in [5.41, 5.74) is 2.17. The highest BCUT2D eigenvalue weighted by Crippen LogP contribution is 2.35. The number of imidazole rings is 1. The molecule has 10 nitrogen and oxygen atoms in total. The van der Waals surface area contributed by atoms with Gasteiger partial charge < -0.3 is 29.4 Å². The molecule has 4 aromatic rings. The molecule has 1 atom stereocenters. The number of carbonyl (C=O) groups is 2. The molecule has 1 aromatic heterocycles. The van der Waals surface area contributed by atoms with E-state index < -0.39 is 34.1 Å². The van der Waals surface area contributed by atoms with E-state index in [0.717, 1.165) is 47.3 Å². The van der Waals surface area contributed by atoms with E-state index in [0.29, 0.717) is 68.3 Å². The van der Waals surface area contributed by atoms with Crippen LogP contribution in [0.3, 0.4) is 0 Å². The van der Waals surface area contributed by atoms with Crippen molar-refractivity contribution in [3.63, 3.8) is 0 Å². The van der Waals surface area contributed by atoms with Crippen LogP contribution in [0.25, 0.3) is 17.2 Å². The van der Waals surface area contributed by atoms with E-state index in [4.69, 9.17) is 9.47 Å². The van der Waals surface area contributed by atoms with Crippen molar-refractivity contribution in [1.29, 1.82) is 0 Å². The van der Waals surface area contributed by atoms with Gasteiger partial charge in [-0.05, 0) is 111 Å². The molecule has 0 fully saturated rings. The molecule has 0 spiro atoms. The number of aliphatic carboxylic acids is 1. The number of fused-ring (bicyclic) bond motifs is 1. The number of carbonyl (C=O) groups excluding carboxylic acids is 1. The van der Waals surface area contributed by atoms with E-state index in [1.54, 1.807) is 26.0 Å². The van der Waals surface area contributed by atoms with E-state index >= 15 is 0 Å². The molecule has 5 rings (SSSR count). The summed E-state index contributed by atoms with van der Waals surface area (Å²) in [6.45, 7) is 10.1. The van der Waals surface area contributed by atoms with Gasteiger partial charge in [0.15, 0.2) is 5.69 Å². The SMILES string of the molecule is CCCCOCCOc1ccc(-c2ccc3c(c2)C=C(C(=O)Nc2ccc(S(=O)Cc4c(C(F)(F)F)ncn4CCC)cc2)CCCN3CC(C)(C)C(=O)O)cc1. The fraction of sp³-hybridized carbons (Fsp3) is 0.419. The number of aryl methyl sites for hydroxylation is 1. The number of carboxylic acid groups (broad SMARTS) is 1. The summed E-state index contributed by atoms with van der Waals surface area (Å²) in [7, 11) is -1.80. The predicted octanol–water partition coefficient (Wildman–Crippen LogP) is 9.22. The van der Waals surface area contributed by atoms with Gasteiger partial charge in [0.05, 0.1) is 40.6 Å². The zero-order valence-corrected chi connectivity index (χ0v) is 33.7. The molecule has 0 saturated heterocycles. The van der Waals surface area contributed by atoms with Gasteiger partial charge in [0.25, 0.3) is 5.91 Å². The summed E-state index contributed by atoms with van der Waals surface area (Å²) in [5, 5.41) is 12.8. The quantitative estimate of drug-likeness (QED) is 0.0955. The molecule has 14 heteroatoms. The number of halogens is 3. The van der Waals surface area contributed by atoms with Crippen molar-refractivity contribution in [1.82, 2.24) is 9.55 Å². The maximum Gasteiger partial charge on any atom is 0.435 e. The second-order valence-corrected chi connectivity index (χ2v) is 16.1. The molecule has 1 unspecified atom stereocenters. The molecule has 2 heterocycles. The van der Waals surface area contributed by atoms with Crippen molar-refractivity contribution in [2.75, 3.05) is 43.1 Å².